The van der Waals surface area contributed by atoms with Gasteiger partial charge >= 0.3 is 0 Å². The number of carbonyl (C=O) groups is 2. The Kier molecular flexibility index (Phi) is 11.1. The second kappa shape index (κ2) is 15.2. The Morgan fingerprint density at radius 1 is 1.00 bits per heavy atom. The van der Waals surface area contributed by atoms with Gasteiger partial charge in [0.25, 0.3) is 5.91 Å². The minimum absolute atomic E-state index is 0.0579. The molecule has 41 heavy (non-hydrogen) atoms. The van der Waals surface area contributed by atoms with Crippen LogP contribution in [0.5, 0.6) is 0 Å². The van der Waals surface area contributed by atoms with E-state index in [1.54, 1.807) is 71.8 Å². The molecular formula is C30H33Cl2N7O2. The highest BCUT2D eigenvalue weighted by atomic mass is 35.5. The number of anilines is 2. The van der Waals surface area contributed by atoms with Gasteiger partial charge in [0.05, 0.1) is 6.54 Å². The Hall–Kier alpha value is -3.95. The molecule has 1 aliphatic rings. The molecule has 2 heterocycles. The van der Waals surface area contributed by atoms with Gasteiger partial charge in [-0.15, -0.1) is 0 Å². The van der Waals surface area contributed by atoms with Gasteiger partial charge in [-0.1, -0.05) is 86.5 Å². The number of imidazole rings is 1. The molecule has 0 bridgehead atoms. The maximum Gasteiger partial charge on any atom is 0.258 e. The third-order valence-electron chi connectivity index (χ3n) is 6.56. The number of aromatic nitrogens is 4. The summed E-state index contributed by atoms with van der Waals surface area (Å²) in [7, 11) is 0. The van der Waals surface area contributed by atoms with Crippen molar-refractivity contribution >= 4 is 46.8 Å². The third-order valence-corrected chi connectivity index (χ3v) is 7.14. The lowest BCUT2D eigenvalue weighted by Crippen LogP contribution is -2.29. The number of hydrogen-bond donors (Lipinski definition) is 3. The van der Waals surface area contributed by atoms with E-state index in [9.17, 15) is 9.59 Å². The van der Waals surface area contributed by atoms with Gasteiger partial charge in [-0.2, -0.15) is 9.97 Å². The van der Waals surface area contributed by atoms with Crippen molar-refractivity contribution in [2.75, 3.05) is 17.2 Å². The summed E-state index contributed by atoms with van der Waals surface area (Å²) in [5, 5.41) is 9.42. The first kappa shape index (κ1) is 30.0. The molecule has 2 aromatic heterocycles. The molecule has 2 aromatic carbocycles. The Balaban J connectivity index is 0.000000483. The van der Waals surface area contributed by atoms with Gasteiger partial charge in [0.1, 0.15) is 18.0 Å². The molecule has 1 fully saturated rings. The number of nitrogens with one attached hydrogen (secondary N) is 3. The third kappa shape index (κ3) is 9.58. The number of rotatable bonds is 8. The van der Waals surface area contributed by atoms with Gasteiger partial charge < -0.3 is 10.6 Å². The van der Waals surface area contributed by atoms with Crippen molar-refractivity contribution in [1.29, 1.82) is 0 Å². The van der Waals surface area contributed by atoms with E-state index in [-0.39, 0.29) is 30.9 Å². The highest BCUT2D eigenvalue weighted by Gasteiger charge is 2.12. The second-order valence-electron chi connectivity index (χ2n) is 9.83. The van der Waals surface area contributed by atoms with E-state index in [1.165, 1.54) is 32.1 Å². The van der Waals surface area contributed by atoms with Crippen LogP contribution >= 0.6 is 23.2 Å². The van der Waals surface area contributed by atoms with E-state index in [0.29, 0.717) is 27.2 Å². The van der Waals surface area contributed by atoms with Crippen molar-refractivity contribution < 1.29 is 9.59 Å². The fourth-order valence-electron chi connectivity index (χ4n) is 4.27. The molecule has 0 spiro atoms. The molecule has 0 radical (unpaired) electrons. The zero-order valence-corrected chi connectivity index (χ0v) is 24.3. The molecule has 1 aliphatic carbocycles. The van der Waals surface area contributed by atoms with Crippen molar-refractivity contribution in [3.05, 3.63) is 94.5 Å². The SMILES string of the molecule is CC1CCCCC1.O=C(CNc1cc(-n2ccnc2)nc(NC(=O)c2ccccc2)n1)NCc1ccc(Cl)cc1Cl. The lowest BCUT2D eigenvalue weighted by Gasteiger charge is -2.15. The van der Waals surface area contributed by atoms with Crippen LogP contribution in [0.15, 0.2) is 73.3 Å². The molecule has 9 nitrogen and oxygen atoms in total. The highest BCUT2D eigenvalue weighted by Crippen LogP contribution is 2.22. The van der Waals surface area contributed by atoms with Gasteiger partial charge in [0, 0.05) is 40.6 Å². The van der Waals surface area contributed by atoms with E-state index in [1.807, 2.05) is 6.07 Å². The molecule has 1 saturated carbocycles. The van der Waals surface area contributed by atoms with Crippen molar-refractivity contribution in [3.8, 4) is 5.82 Å². The summed E-state index contributed by atoms with van der Waals surface area (Å²) < 4.78 is 1.66. The first-order valence-corrected chi connectivity index (χ1v) is 14.3. The van der Waals surface area contributed by atoms with Crippen molar-refractivity contribution in [1.82, 2.24) is 24.8 Å². The number of hydrogen-bond acceptors (Lipinski definition) is 6. The molecule has 0 atom stereocenters. The highest BCUT2D eigenvalue weighted by molar-refractivity contribution is 6.35. The average molecular weight is 595 g/mol. The molecule has 4 aromatic rings. The van der Waals surface area contributed by atoms with Crippen LogP contribution in [-0.2, 0) is 11.3 Å². The summed E-state index contributed by atoms with van der Waals surface area (Å²) in [6, 6.07) is 15.4. The van der Waals surface area contributed by atoms with Gasteiger partial charge in [-0.05, 0) is 35.7 Å². The summed E-state index contributed by atoms with van der Waals surface area (Å²) in [4.78, 5) is 37.6. The van der Waals surface area contributed by atoms with Crippen LogP contribution in [0.3, 0.4) is 0 Å². The lowest BCUT2D eigenvalue weighted by molar-refractivity contribution is -0.119. The maximum absolute atomic E-state index is 12.5. The first-order valence-electron chi connectivity index (χ1n) is 13.6. The summed E-state index contributed by atoms with van der Waals surface area (Å²) in [5.41, 5.74) is 1.21. The number of halogens is 2. The van der Waals surface area contributed by atoms with Crippen molar-refractivity contribution in [3.63, 3.8) is 0 Å². The Morgan fingerprint density at radius 3 is 2.44 bits per heavy atom. The topological polar surface area (TPSA) is 114 Å². The van der Waals surface area contributed by atoms with Crippen molar-refractivity contribution in [2.24, 2.45) is 5.92 Å². The number of carbonyl (C=O) groups excluding carboxylic acids is 2. The fourth-order valence-corrected chi connectivity index (χ4v) is 4.75. The lowest BCUT2D eigenvalue weighted by atomic mass is 9.91. The number of amides is 2. The molecule has 11 heteroatoms. The molecule has 214 valence electrons. The van der Waals surface area contributed by atoms with Crippen LogP contribution < -0.4 is 16.0 Å². The van der Waals surface area contributed by atoms with Gasteiger partial charge in [0.2, 0.25) is 11.9 Å². The van der Waals surface area contributed by atoms with Crippen LogP contribution in [0.2, 0.25) is 10.0 Å². The van der Waals surface area contributed by atoms with E-state index in [4.69, 9.17) is 23.2 Å². The summed E-state index contributed by atoms with van der Waals surface area (Å²) in [5.74, 6) is 1.30. The van der Waals surface area contributed by atoms with Gasteiger partial charge in [-0.25, -0.2) is 4.98 Å². The van der Waals surface area contributed by atoms with Crippen LogP contribution in [0, 0.1) is 5.92 Å². The van der Waals surface area contributed by atoms with E-state index < -0.39 is 0 Å². The Labute approximate surface area is 249 Å². The van der Waals surface area contributed by atoms with Gasteiger partial charge in [0.15, 0.2) is 0 Å². The summed E-state index contributed by atoms with van der Waals surface area (Å²) >= 11 is 12.0. The first-order chi connectivity index (χ1) is 19.9. The Morgan fingerprint density at radius 2 is 1.78 bits per heavy atom. The predicted octanol–water partition coefficient (Wildman–Crippen LogP) is 6.54. The largest absolute Gasteiger partial charge is 0.361 e. The zero-order chi connectivity index (χ0) is 29.0. The number of benzene rings is 2. The number of nitrogens with zero attached hydrogens (tertiary/aromatic N) is 4. The summed E-state index contributed by atoms with van der Waals surface area (Å²) in [6.07, 6.45) is 12.3. The van der Waals surface area contributed by atoms with Crippen LogP contribution in [0.25, 0.3) is 5.82 Å². The van der Waals surface area contributed by atoms with Crippen molar-refractivity contribution in [2.45, 2.75) is 45.6 Å². The van der Waals surface area contributed by atoms with E-state index >= 15 is 0 Å². The smallest absolute Gasteiger partial charge is 0.258 e. The molecule has 0 saturated heterocycles. The minimum atomic E-state index is -0.355. The zero-order valence-electron chi connectivity index (χ0n) is 22.8. The van der Waals surface area contributed by atoms with E-state index in [0.717, 1.165) is 11.5 Å². The minimum Gasteiger partial charge on any atom is -0.361 e. The van der Waals surface area contributed by atoms with Crippen LogP contribution in [0.1, 0.15) is 54.9 Å². The van der Waals surface area contributed by atoms with Crippen LogP contribution in [-0.4, -0.2) is 37.9 Å². The summed E-state index contributed by atoms with van der Waals surface area (Å²) in [6.45, 7) is 2.55. The van der Waals surface area contributed by atoms with Gasteiger partial charge in [-0.3, -0.25) is 19.5 Å². The quantitative estimate of drug-likeness (QED) is 0.214. The molecule has 0 aliphatic heterocycles. The predicted molar refractivity (Wildman–Crippen MR) is 163 cm³/mol. The Bertz CT molecular complexity index is 1430. The molecule has 3 N–H and O–H groups in total. The molecule has 2 amide bonds. The molecular weight excluding hydrogens is 561 g/mol. The molecule has 0 unspecified atom stereocenters. The standard InChI is InChI=1S/C23H19Cl2N7O2.C7H14/c24-17-7-6-16(18(25)10-17)12-28-21(33)13-27-19-11-20(32-9-8-26-14-32)30-23(29-19)31-22(34)15-4-2-1-3-5-15;1-7-5-3-2-4-6-7/h1-11,14H,12-13H2,(H,28,33)(H2,27,29,30,31,34);7H,2-6H2,1H3. The fraction of sp³-hybridized carbons (Fsp3) is 0.300. The van der Waals surface area contributed by atoms with E-state index in [2.05, 4.69) is 37.8 Å². The molecule has 5 rings (SSSR count). The van der Waals surface area contributed by atoms with Crippen LogP contribution in [0.4, 0.5) is 11.8 Å². The monoisotopic (exact) mass is 593 g/mol. The second-order valence-corrected chi connectivity index (χ2v) is 10.7. The normalized spacial score (nSPS) is 13.0. The maximum atomic E-state index is 12.5. The average Bonchev–Trinajstić information content (AvgIpc) is 3.52.